The summed E-state index contributed by atoms with van der Waals surface area (Å²) in [5.74, 6) is -1.08. The van der Waals surface area contributed by atoms with Crippen molar-refractivity contribution in [2.75, 3.05) is 18.5 Å². The molecule has 1 amide bonds. The van der Waals surface area contributed by atoms with E-state index in [0.29, 0.717) is 16.3 Å². The van der Waals surface area contributed by atoms with Crippen LogP contribution < -0.4 is 10.1 Å². The predicted octanol–water partition coefficient (Wildman–Crippen LogP) is 3.12. The van der Waals surface area contributed by atoms with Crippen LogP contribution in [0.2, 0.25) is 5.02 Å². The molecule has 0 saturated carbocycles. The number of rotatable bonds is 7. The molecule has 0 radical (unpaired) electrons. The fraction of sp³-hybridized carbons (Fsp3) is 0.176. The van der Waals surface area contributed by atoms with Gasteiger partial charge in [-0.1, -0.05) is 23.7 Å². The van der Waals surface area contributed by atoms with E-state index in [4.69, 9.17) is 21.1 Å². The number of amides is 1. The number of aryl methyl sites for hydroxylation is 1. The smallest absolute Gasteiger partial charge is 0.344 e. The summed E-state index contributed by atoms with van der Waals surface area (Å²) in [7, 11) is 0. The summed E-state index contributed by atoms with van der Waals surface area (Å²) < 4.78 is 9.96. The van der Waals surface area contributed by atoms with Crippen LogP contribution in [0.25, 0.3) is 0 Å². The summed E-state index contributed by atoms with van der Waals surface area (Å²) in [6.07, 6.45) is 0. The minimum absolute atomic E-state index is 0.0248. The van der Waals surface area contributed by atoms with Gasteiger partial charge in [0, 0.05) is 11.1 Å². The van der Waals surface area contributed by atoms with Gasteiger partial charge in [-0.2, -0.15) is 0 Å². The summed E-state index contributed by atoms with van der Waals surface area (Å²) in [6, 6.07) is 10.8. The molecule has 0 heterocycles. The Labute approximate surface area is 153 Å². The van der Waals surface area contributed by atoms with E-state index in [1.165, 1.54) is 18.2 Å². The molecule has 8 nitrogen and oxygen atoms in total. The van der Waals surface area contributed by atoms with Crippen molar-refractivity contribution in [1.29, 1.82) is 0 Å². The molecule has 9 heteroatoms. The number of nitrogens with zero attached hydrogens (tertiary/aromatic N) is 1. The number of nitrogens with one attached hydrogen (secondary N) is 1. The molecule has 26 heavy (non-hydrogen) atoms. The highest BCUT2D eigenvalue weighted by atomic mass is 35.5. The van der Waals surface area contributed by atoms with Gasteiger partial charge < -0.3 is 14.8 Å². The molecular formula is C17H15ClN2O6. The van der Waals surface area contributed by atoms with Crippen LogP contribution in [-0.2, 0) is 14.3 Å². The maximum atomic E-state index is 11.8. The standard InChI is InChI=1S/C17H15ClN2O6/c1-11-5-6-14(15(7-11)20(23)24)19-16(21)9-26-17(22)10-25-13-4-2-3-12(18)8-13/h2-8H,9-10H2,1H3,(H,19,21). The predicted molar refractivity (Wildman–Crippen MR) is 94.4 cm³/mol. The second-order valence-corrected chi connectivity index (χ2v) is 5.67. The topological polar surface area (TPSA) is 108 Å². The summed E-state index contributed by atoms with van der Waals surface area (Å²) >= 11 is 5.79. The summed E-state index contributed by atoms with van der Waals surface area (Å²) in [6.45, 7) is 0.696. The van der Waals surface area contributed by atoms with Gasteiger partial charge in [-0.05, 0) is 36.8 Å². The molecule has 0 aromatic heterocycles. The summed E-state index contributed by atoms with van der Waals surface area (Å²) in [5, 5.41) is 13.8. The van der Waals surface area contributed by atoms with Crippen molar-refractivity contribution >= 4 is 34.9 Å². The molecule has 0 bridgehead atoms. The minimum atomic E-state index is -0.765. The van der Waals surface area contributed by atoms with Crippen LogP contribution >= 0.6 is 11.6 Å². The Morgan fingerprint density at radius 3 is 2.65 bits per heavy atom. The first-order valence-electron chi connectivity index (χ1n) is 7.44. The first kappa shape index (κ1) is 19.2. The Kier molecular flexibility index (Phi) is 6.51. The molecule has 0 aliphatic carbocycles. The van der Waals surface area contributed by atoms with Gasteiger partial charge in [-0.25, -0.2) is 4.79 Å². The number of halogens is 1. The molecule has 136 valence electrons. The fourth-order valence-corrected chi connectivity index (χ4v) is 2.15. The Hall–Kier alpha value is -3.13. The first-order chi connectivity index (χ1) is 12.3. The Balaban J connectivity index is 1.83. The first-order valence-corrected chi connectivity index (χ1v) is 7.82. The number of benzene rings is 2. The Morgan fingerprint density at radius 2 is 1.96 bits per heavy atom. The quantitative estimate of drug-likeness (QED) is 0.450. The van der Waals surface area contributed by atoms with E-state index in [1.54, 1.807) is 31.2 Å². The Morgan fingerprint density at radius 1 is 1.19 bits per heavy atom. The zero-order chi connectivity index (χ0) is 19.1. The van der Waals surface area contributed by atoms with E-state index < -0.39 is 30.0 Å². The van der Waals surface area contributed by atoms with Crippen molar-refractivity contribution in [2.45, 2.75) is 6.92 Å². The van der Waals surface area contributed by atoms with Crippen LogP contribution in [0.3, 0.4) is 0 Å². The largest absolute Gasteiger partial charge is 0.482 e. The van der Waals surface area contributed by atoms with Gasteiger partial charge in [0.25, 0.3) is 11.6 Å². The van der Waals surface area contributed by atoms with E-state index in [2.05, 4.69) is 5.32 Å². The third-order valence-electron chi connectivity index (χ3n) is 3.14. The molecule has 2 rings (SSSR count). The van der Waals surface area contributed by atoms with Gasteiger partial charge in [-0.15, -0.1) is 0 Å². The summed E-state index contributed by atoms with van der Waals surface area (Å²) in [4.78, 5) is 33.8. The minimum Gasteiger partial charge on any atom is -0.482 e. The second kappa shape index (κ2) is 8.82. The van der Waals surface area contributed by atoms with E-state index >= 15 is 0 Å². The van der Waals surface area contributed by atoms with Crippen LogP contribution in [0.5, 0.6) is 5.75 Å². The zero-order valence-corrected chi connectivity index (χ0v) is 14.5. The van der Waals surface area contributed by atoms with Crippen molar-refractivity contribution in [3.63, 3.8) is 0 Å². The number of carbonyl (C=O) groups excluding carboxylic acids is 2. The lowest BCUT2D eigenvalue weighted by Crippen LogP contribution is -2.24. The number of anilines is 1. The van der Waals surface area contributed by atoms with Crippen LogP contribution in [0.1, 0.15) is 5.56 Å². The lowest BCUT2D eigenvalue weighted by atomic mass is 10.2. The number of esters is 1. The van der Waals surface area contributed by atoms with Crippen LogP contribution in [0.15, 0.2) is 42.5 Å². The number of nitro benzene ring substituents is 1. The molecule has 0 aliphatic heterocycles. The monoisotopic (exact) mass is 378 g/mol. The average molecular weight is 379 g/mol. The van der Waals surface area contributed by atoms with Gasteiger partial charge in [0.2, 0.25) is 0 Å². The van der Waals surface area contributed by atoms with Crippen molar-refractivity contribution in [1.82, 2.24) is 0 Å². The van der Waals surface area contributed by atoms with E-state index in [0.717, 1.165) is 0 Å². The number of hydrogen-bond donors (Lipinski definition) is 1. The highest BCUT2D eigenvalue weighted by molar-refractivity contribution is 6.30. The highest BCUT2D eigenvalue weighted by Crippen LogP contribution is 2.25. The summed E-state index contributed by atoms with van der Waals surface area (Å²) in [5.41, 5.74) is 0.463. The fourth-order valence-electron chi connectivity index (χ4n) is 1.97. The maximum absolute atomic E-state index is 11.8. The normalized spacial score (nSPS) is 10.1. The molecule has 0 spiro atoms. The van der Waals surface area contributed by atoms with Crippen molar-refractivity contribution in [3.05, 3.63) is 63.2 Å². The molecule has 0 unspecified atom stereocenters. The van der Waals surface area contributed by atoms with Crippen LogP contribution in [-0.4, -0.2) is 30.0 Å². The molecule has 0 saturated heterocycles. The lowest BCUT2D eigenvalue weighted by molar-refractivity contribution is -0.384. The van der Waals surface area contributed by atoms with Crippen molar-refractivity contribution in [3.8, 4) is 5.75 Å². The Bertz CT molecular complexity index is 840. The van der Waals surface area contributed by atoms with Gasteiger partial charge in [0.15, 0.2) is 13.2 Å². The lowest BCUT2D eigenvalue weighted by Gasteiger charge is -2.08. The molecule has 1 N–H and O–H groups in total. The van der Waals surface area contributed by atoms with E-state index in [-0.39, 0.29) is 11.4 Å². The number of hydrogen-bond acceptors (Lipinski definition) is 6. The SMILES string of the molecule is Cc1ccc(NC(=O)COC(=O)COc2cccc(Cl)c2)c([N+](=O)[O-])c1. The maximum Gasteiger partial charge on any atom is 0.344 e. The van der Waals surface area contributed by atoms with Crippen molar-refractivity contribution < 1.29 is 24.0 Å². The molecule has 2 aromatic carbocycles. The molecular weight excluding hydrogens is 364 g/mol. The van der Waals surface area contributed by atoms with Gasteiger partial charge >= 0.3 is 5.97 Å². The molecule has 0 fully saturated rings. The zero-order valence-electron chi connectivity index (χ0n) is 13.7. The molecule has 2 aromatic rings. The highest BCUT2D eigenvalue weighted by Gasteiger charge is 2.17. The van der Waals surface area contributed by atoms with Crippen molar-refractivity contribution in [2.24, 2.45) is 0 Å². The third kappa shape index (κ3) is 5.75. The van der Waals surface area contributed by atoms with Crippen LogP contribution in [0.4, 0.5) is 11.4 Å². The van der Waals surface area contributed by atoms with E-state index in [1.807, 2.05) is 0 Å². The number of carbonyl (C=O) groups is 2. The third-order valence-corrected chi connectivity index (χ3v) is 3.38. The van der Waals surface area contributed by atoms with Crippen LogP contribution in [0, 0.1) is 17.0 Å². The van der Waals surface area contributed by atoms with Gasteiger partial charge in [0.1, 0.15) is 11.4 Å². The second-order valence-electron chi connectivity index (χ2n) is 5.23. The van der Waals surface area contributed by atoms with Gasteiger partial charge in [0.05, 0.1) is 4.92 Å². The molecule has 0 atom stereocenters. The van der Waals surface area contributed by atoms with Gasteiger partial charge in [-0.3, -0.25) is 14.9 Å². The molecule has 0 aliphatic rings. The number of ether oxygens (including phenoxy) is 2. The van der Waals surface area contributed by atoms with E-state index in [9.17, 15) is 19.7 Å². The number of nitro groups is 1. The average Bonchev–Trinajstić information content (AvgIpc) is 2.59.